The van der Waals surface area contributed by atoms with E-state index in [-0.39, 0.29) is 18.1 Å². The molecule has 3 fully saturated rings. The van der Waals surface area contributed by atoms with E-state index in [1.54, 1.807) is 11.0 Å². The molecule has 0 aromatic heterocycles. The van der Waals surface area contributed by atoms with Gasteiger partial charge in [0.1, 0.15) is 5.75 Å². The molecule has 1 aromatic rings. The van der Waals surface area contributed by atoms with Crippen molar-refractivity contribution in [2.24, 2.45) is 0 Å². The van der Waals surface area contributed by atoms with Gasteiger partial charge in [0.25, 0.3) is 5.91 Å². The van der Waals surface area contributed by atoms with Crippen LogP contribution >= 0.6 is 0 Å². The first kappa shape index (κ1) is 21.7. The number of carbonyl (C=O) groups excluding carboxylic acids is 1. The van der Waals surface area contributed by atoms with Crippen molar-refractivity contribution in [3.63, 3.8) is 0 Å². The van der Waals surface area contributed by atoms with Gasteiger partial charge in [-0.05, 0) is 55.4 Å². The Labute approximate surface area is 184 Å². The van der Waals surface area contributed by atoms with Gasteiger partial charge in [0, 0.05) is 32.2 Å². The second-order valence-corrected chi connectivity index (χ2v) is 9.33. The lowest BCUT2D eigenvalue weighted by atomic mass is 9.88. The fourth-order valence-corrected chi connectivity index (χ4v) is 4.55. The average molecular weight is 452 g/mol. The molecule has 0 unspecified atom stereocenters. The molecule has 5 rings (SSSR count). The largest absolute Gasteiger partial charge is 0.452 e. The third-order valence-corrected chi connectivity index (χ3v) is 6.87. The zero-order valence-corrected chi connectivity index (χ0v) is 17.7. The van der Waals surface area contributed by atoms with Gasteiger partial charge in [-0.2, -0.15) is 13.2 Å². The van der Waals surface area contributed by atoms with Gasteiger partial charge in [0.15, 0.2) is 11.4 Å². The lowest BCUT2D eigenvalue weighted by Gasteiger charge is -2.47. The summed E-state index contributed by atoms with van der Waals surface area (Å²) in [6, 6.07) is 8.02. The molecular weight excluding hydrogens is 425 g/mol. The Morgan fingerprint density at radius 1 is 1.12 bits per heavy atom. The number of aliphatic hydroxyl groups is 1. The maximum absolute atomic E-state index is 12.7. The number of ether oxygens (including phenoxy) is 2. The molecule has 2 aliphatic heterocycles. The predicted molar refractivity (Wildman–Crippen MR) is 109 cm³/mol. The smallest absolute Gasteiger partial charge is 0.419 e. The third kappa shape index (κ3) is 4.25. The number of likely N-dealkylation sites (tertiary alicyclic amines) is 1. The molecule has 1 saturated heterocycles. The molecule has 0 atom stereocenters. The molecule has 2 saturated carbocycles. The highest BCUT2D eigenvalue weighted by Crippen LogP contribution is 2.41. The van der Waals surface area contributed by atoms with Gasteiger partial charge in [0.05, 0.1) is 12.7 Å². The molecule has 0 radical (unpaired) electrons. The van der Waals surface area contributed by atoms with Crippen molar-refractivity contribution in [3.05, 3.63) is 41.7 Å². The van der Waals surface area contributed by atoms with Crippen molar-refractivity contribution in [1.29, 1.82) is 0 Å². The minimum Gasteiger partial charge on any atom is -0.452 e. The Hall–Kier alpha value is -2.10. The molecule has 4 aliphatic rings. The number of amides is 1. The molecular formula is C23H27F3N2O4. The first-order chi connectivity index (χ1) is 15.2. The molecule has 9 heteroatoms. The van der Waals surface area contributed by atoms with Gasteiger partial charge in [-0.3, -0.25) is 9.69 Å². The van der Waals surface area contributed by atoms with Crippen molar-refractivity contribution in [3.8, 4) is 5.75 Å². The summed E-state index contributed by atoms with van der Waals surface area (Å²) in [5, 5.41) is 9.45. The topological polar surface area (TPSA) is 62.2 Å². The number of nitrogens with zero attached hydrogens (tertiary/aromatic N) is 2. The zero-order valence-electron chi connectivity index (χ0n) is 17.7. The van der Waals surface area contributed by atoms with Crippen molar-refractivity contribution in [1.82, 2.24) is 9.80 Å². The number of halogens is 3. The number of alkyl halides is 3. The molecule has 2 aliphatic carbocycles. The molecule has 1 aromatic carbocycles. The second-order valence-electron chi connectivity index (χ2n) is 9.33. The number of carbonyl (C=O) groups is 1. The summed E-state index contributed by atoms with van der Waals surface area (Å²) in [4.78, 5) is 16.0. The summed E-state index contributed by atoms with van der Waals surface area (Å²) in [5.41, 5.74) is -1.27. The summed E-state index contributed by atoms with van der Waals surface area (Å²) in [5.74, 6) is 1.57. The van der Waals surface area contributed by atoms with E-state index in [0.29, 0.717) is 50.0 Å². The minimum atomic E-state index is -4.59. The van der Waals surface area contributed by atoms with E-state index in [2.05, 4.69) is 12.1 Å². The molecule has 32 heavy (non-hydrogen) atoms. The van der Waals surface area contributed by atoms with Gasteiger partial charge < -0.3 is 19.5 Å². The summed E-state index contributed by atoms with van der Waals surface area (Å²) in [6.45, 7) is 0.347. The van der Waals surface area contributed by atoms with Crippen LogP contribution in [0.15, 0.2) is 36.1 Å². The van der Waals surface area contributed by atoms with Crippen molar-refractivity contribution >= 4 is 5.91 Å². The molecule has 6 nitrogen and oxygen atoms in total. The van der Waals surface area contributed by atoms with Gasteiger partial charge in [-0.25, -0.2) is 0 Å². The molecule has 1 N–H and O–H groups in total. The monoisotopic (exact) mass is 452 g/mol. The van der Waals surface area contributed by atoms with Crippen LogP contribution in [0.25, 0.3) is 0 Å². The Kier molecular flexibility index (Phi) is 5.46. The minimum absolute atomic E-state index is 0.00415. The van der Waals surface area contributed by atoms with Crippen LogP contribution < -0.4 is 4.74 Å². The van der Waals surface area contributed by atoms with Crippen molar-refractivity contribution in [2.45, 2.75) is 55.5 Å². The van der Waals surface area contributed by atoms with E-state index in [1.165, 1.54) is 23.3 Å². The Balaban J connectivity index is 1.00. The summed E-state index contributed by atoms with van der Waals surface area (Å²) in [7, 11) is 0. The number of β-amino-alcohol motifs (C(OH)–C–C–N with tert-alkyl or cyclic N) is 1. The highest BCUT2D eigenvalue weighted by molar-refractivity contribution is 5.94. The van der Waals surface area contributed by atoms with Crippen LogP contribution in [0.3, 0.4) is 0 Å². The number of hydrogen-bond donors (Lipinski definition) is 1. The molecule has 1 amide bonds. The van der Waals surface area contributed by atoms with E-state index in [9.17, 15) is 23.1 Å². The van der Waals surface area contributed by atoms with Crippen LogP contribution in [0.1, 0.15) is 37.2 Å². The lowest BCUT2D eigenvalue weighted by Crippen LogP contribution is -2.69. The van der Waals surface area contributed by atoms with Crippen LogP contribution in [0.5, 0.6) is 5.75 Å². The third-order valence-electron chi connectivity index (χ3n) is 6.87. The van der Waals surface area contributed by atoms with Crippen LogP contribution in [0.4, 0.5) is 13.2 Å². The standard InChI is InChI=1S/C23H27F3N2O4/c24-23(25,26)22(30)13-27(14-22)9-10-31-19-11-17(12-19)28-8-7-20(21(28)29)32-18-5-3-16(4-6-18)15-1-2-15/h3-7,15,17,19,30H,1-2,8-14H2/t17-,19+. The van der Waals surface area contributed by atoms with E-state index in [0.717, 1.165) is 0 Å². The summed E-state index contributed by atoms with van der Waals surface area (Å²) < 4.78 is 49.4. The Morgan fingerprint density at radius 2 is 1.81 bits per heavy atom. The van der Waals surface area contributed by atoms with E-state index < -0.39 is 24.9 Å². The van der Waals surface area contributed by atoms with Crippen LogP contribution in [0.2, 0.25) is 0 Å². The van der Waals surface area contributed by atoms with Crippen LogP contribution in [0, 0.1) is 0 Å². The van der Waals surface area contributed by atoms with Crippen molar-refractivity contribution in [2.75, 3.05) is 32.8 Å². The lowest BCUT2D eigenvalue weighted by molar-refractivity contribution is -0.302. The number of benzene rings is 1. The number of hydrogen-bond acceptors (Lipinski definition) is 5. The fraction of sp³-hybridized carbons (Fsp3) is 0.609. The van der Waals surface area contributed by atoms with E-state index in [1.807, 2.05) is 12.1 Å². The first-order valence-electron chi connectivity index (χ1n) is 11.1. The van der Waals surface area contributed by atoms with E-state index >= 15 is 0 Å². The normalized spacial score (nSPS) is 27.7. The fourth-order valence-electron chi connectivity index (χ4n) is 4.55. The highest BCUT2D eigenvalue weighted by Gasteiger charge is 2.60. The maximum Gasteiger partial charge on any atom is 0.419 e. The second kappa shape index (κ2) is 8.04. The Bertz CT molecular complexity index is 885. The number of rotatable bonds is 8. The molecule has 174 valence electrons. The van der Waals surface area contributed by atoms with Gasteiger partial charge in [0.2, 0.25) is 0 Å². The molecule has 0 bridgehead atoms. The summed E-state index contributed by atoms with van der Waals surface area (Å²) >= 11 is 0. The van der Waals surface area contributed by atoms with Crippen LogP contribution in [-0.2, 0) is 9.53 Å². The quantitative estimate of drug-likeness (QED) is 0.657. The first-order valence-corrected chi connectivity index (χ1v) is 11.1. The zero-order chi connectivity index (χ0) is 22.5. The average Bonchev–Trinajstić information content (AvgIpc) is 3.47. The molecule has 0 spiro atoms. The Morgan fingerprint density at radius 3 is 2.44 bits per heavy atom. The van der Waals surface area contributed by atoms with Gasteiger partial charge in [-0.1, -0.05) is 12.1 Å². The van der Waals surface area contributed by atoms with Gasteiger partial charge in [-0.15, -0.1) is 0 Å². The molecule has 2 heterocycles. The SMILES string of the molecule is O=C1C(Oc2ccc(C3CC3)cc2)=CCN1[C@H]1C[C@@H](OCCN2CC(O)(C(F)(F)F)C2)C1. The maximum atomic E-state index is 12.7. The predicted octanol–water partition coefficient (Wildman–Crippen LogP) is 2.83. The van der Waals surface area contributed by atoms with Crippen molar-refractivity contribution < 1.29 is 32.5 Å². The highest BCUT2D eigenvalue weighted by atomic mass is 19.4. The van der Waals surface area contributed by atoms with Crippen LogP contribution in [-0.4, -0.2) is 77.5 Å². The van der Waals surface area contributed by atoms with Gasteiger partial charge >= 0.3 is 6.18 Å². The summed E-state index contributed by atoms with van der Waals surface area (Å²) in [6.07, 6.45) is 1.09. The van der Waals surface area contributed by atoms with E-state index in [4.69, 9.17) is 9.47 Å².